The molecule has 0 unspecified atom stereocenters. The third-order valence-electron chi connectivity index (χ3n) is 3.90. The molecule has 3 rings (SSSR count). The van der Waals surface area contributed by atoms with Crippen molar-refractivity contribution in [3.8, 4) is 0 Å². The minimum atomic E-state index is 0.511. The Labute approximate surface area is 152 Å². The van der Waals surface area contributed by atoms with Crippen LogP contribution in [0.1, 0.15) is 17.0 Å². The number of pyridine rings is 2. The first-order chi connectivity index (χ1) is 12.2. The van der Waals surface area contributed by atoms with Gasteiger partial charge in [-0.15, -0.1) is 0 Å². The van der Waals surface area contributed by atoms with Gasteiger partial charge in [-0.1, -0.05) is 23.7 Å². The zero-order valence-corrected chi connectivity index (χ0v) is 15.1. The summed E-state index contributed by atoms with van der Waals surface area (Å²) in [6, 6.07) is 9.87. The van der Waals surface area contributed by atoms with Gasteiger partial charge in [-0.2, -0.15) is 0 Å². The number of rotatable bonds is 5. The van der Waals surface area contributed by atoms with E-state index in [0.717, 1.165) is 41.5 Å². The van der Waals surface area contributed by atoms with E-state index in [1.54, 1.807) is 19.3 Å². The molecule has 3 aromatic heterocycles. The molecule has 7 heteroatoms. The van der Waals surface area contributed by atoms with Crippen LogP contribution in [0, 0.1) is 6.92 Å². The van der Waals surface area contributed by atoms with Crippen molar-refractivity contribution >= 4 is 23.2 Å². The Morgan fingerprint density at radius 2 is 2.12 bits per heavy atom. The SMILES string of the molecule is CN=C(NCCc1ccc(Cl)nc1)NCc1cn2c(C)cccc2n1. The number of aliphatic imine (C=N–C) groups is 1. The number of fused-ring (bicyclic) bond motifs is 1. The predicted molar refractivity (Wildman–Crippen MR) is 101 cm³/mol. The number of imidazole rings is 1. The van der Waals surface area contributed by atoms with Gasteiger partial charge in [-0.3, -0.25) is 4.99 Å². The maximum absolute atomic E-state index is 5.79. The zero-order valence-electron chi connectivity index (χ0n) is 14.3. The van der Waals surface area contributed by atoms with Gasteiger partial charge in [0.15, 0.2) is 5.96 Å². The van der Waals surface area contributed by atoms with E-state index in [1.807, 2.05) is 24.4 Å². The van der Waals surface area contributed by atoms with Crippen LogP contribution < -0.4 is 10.6 Å². The van der Waals surface area contributed by atoms with E-state index in [2.05, 4.69) is 43.0 Å². The number of aryl methyl sites for hydroxylation is 1. The van der Waals surface area contributed by atoms with Gasteiger partial charge in [0.1, 0.15) is 10.8 Å². The average molecular weight is 357 g/mol. The summed E-state index contributed by atoms with van der Waals surface area (Å²) in [6.45, 7) is 3.44. The van der Waals surface area contributed by atoms with Crippen molar-refractivity contribution in [3.63, 3.8) is 0 Å². The summed E-state index contributed by atoms with van der Waals surface area (Å²) < 4.78 is 2.08. The van der Waals surface area contributed by atoms with E-state index in [4.69, 9.17) is 11.6 Å². The molecule has 0 saturated carbocycles. The van der Waals surface area contributed by atoms with Gasteiger partial charge in [0.2, 0.25) is 0 Å². The molecule has 3 heterocycles. The molecule has 3 aromatic rings. The molecule has 0 fully saturated rings. The van der Waals surface area contributed by atoms with Crippen LogP contribution in [0.4, 0.5) is 0 Å². The number of nitrogens with one attached hydrogen (secondary N) is 2. The number of guanidine groups is 1. The lowest BCUT2D eigenvalue weighted by molar-refractivity contribution is 0.785. The van der Waals surface area contributed by atoms with Crippen LogP contribution in [0.3, 0.4) is 0 Å². The molecule has 0 radical (unpaired) electrons. The lowest BCUT2D eigenvalue weighted by Crippen LogP contribution is -2.37. The third kappa shape index (κ3) is 4.48. The van der Waals surface area contributed by atoms with Crippen molar-refractivity contribution in [1.82, 2.24) is 25.0 Å². The number of hydrogen-bond acceptors (Lipinski definition) is 3. The number of hydrogen-bond donors (Lipinski definition) is 2. The molecular weight excluding hydrogens is 336 g/mol. The first-order valence-corrected chi connectivity index (χ1v) is 8.52. The predicted octanol–water partition coefficient (Wildman–Crippen LogP) is 2.60. The second-order valence-electron chi connectivity index (χ2n) is 5.72. The number of halogens is 1. The lowest BCUT2D eigenvalue weighted by atomic mass is 10.2. The second-order valence-corrected chi connectivity index (χ2v) is 6.11. The summed E-state index contributed by atoms with van der Waals surface area (Å²) in [4.78, 5) is 12.9. The third-order valence-corrected chi connectivity index (χ3v) is 4.12. The fourth-order valence-corrected chi connectivity index (χ4v) is 2.67. The molecule has 0 aromatic carbocycles. The Kier molecular flexibility index (Phi) is 5.50. The molecule has 130 valence electrons. The van der Waals surface area contributed by atoms with Crippen molar-refractivity contribution < 1.29 is 0 Å². The quantitative estimate of drug-likeness (QED) is 0.419. The lowest BCUT2D eigenvalue weighted by Gasteiger charge is -2.10. The Morgan fingerprint density at radius 3 is 2.84 bits per heavy atom. The molecule has 0 saturated heterocycles. The van der Waals surface area contributed by atoms with E-state index >= 15 is 0 Å². The molecule has 0 bridgehead atoms. The molecule has 6 nitrogen and oxygen atoms in total. The van der Waals surface area contributed by atoms with Crippen molar-refractivity contribution in [2.24, 2.45) is 4.99 Å². The highest BCUT2D eigenvalue weighted by molar-refractivity contribution is 6.29. The Balaban J connectivity index is 1.51. The summed E-state index contributed by atoms with van der Waals surface area (Å²) in [7, 11) is 1.76. The average Bonchev–Trinajstić information content (AvgIpc) is 3.04. The molecule has 0 aliphatic heterocycles. The van der Waals surface area contributed by atoms with Crippen molar-refractivity contribution in [3.05, 3.63) is 64.8 Å². The highest BCUT2D eigenvalue weighted by Gasteiger charge is 2.04. The van der Waals surface area contributed by atoms with Gasteiger partial charge in [-0.25, -0.2) is 9.97 Å². The topological polar surface area (TPSA) is 66.6 Å². The maximum atomic E-state index is 5.79. The van der Waals surface area contributed by atoms with Gasteiger partial charge < -0.3 is 15.0 Å². The summed E-state index contributed by atoms with van der Waals surface area (Å²) in [5, 5.41) is 7.09. The largest absolute Gasteiger partial charge is 0.356 e. The molecule has 2 N–H and O–H groups in total. The van der Waals surface area contributed by atoms with E-state index in [9.17, 15) is 0 Å². The second kappa shape index (κ2) is 7.98. The van der Waals surface area contributed by atoms with Crippen LogP contribution in [-0.2, 0) is 13.0 Å². The van der Waals surface area contributed by atoms with Crippen LogP contribution in [0.5, 0.6) is 0 Å². The molecular formula is C18H21ClN6. The number of nitrogens with zero attached hydrogens (tertiary/aromatic N) is 4. The van der Waals surface area contributed by atoms with Crippen molar-refractivity contribution in [1.29, 1.82) is 0 Å². The zero-order chi connectivity index (χ0) is 17.6. The van der Waals surface area contributed by atoms with Crippen LogP contribution in [-0.4, -0.2) is 33.9 Å². The summed E-state index contributed by atoms with van der Waals surface area (Å²) in [5.41, 5.74) is 4.22. The molecule has 0 spiro atoms. The molecule has 0 aliphatic carbocycles. The fourth-order valence-electron chi connectivity index (χ4n) is 2.56. The minimum absolute atomic E-state index is 0.511. The van der Waals surface area contributed by atoms with Gasteiger partial charge >= 0.3 is 0 Å². The Hall–Kier alpha value is -2.60. The van der Waals surface area contributed by atoms with Crippen molar-refractivity contribution in [2.75, 3.05) is 13.6 Å². The van der Waals surface area contributed by atoms with Gasteiger partial charge in [0, 0.05) is 31.7 Å². The monoisotopic (exact) mass is 356 g/mol. The fraction of sp³-hybridized carbons (Fsp3) is 0.278. The first kappa shape index (κ1) is 17.2. The van der Waals surface area contributed by atoms with Gasteiger partial charge in [0.25, 0.3) is 0 Å². The standard InChI is InChI=1S/C18H21ClN6/c1-13-4-3-5-17-24-15(12-25(13)17)11-23-18(20-2)21-9-8-14-6-7-16(19)22-10-14/h3-7,10,12H,8-9,11H2,1-2H3,(H2,20,21,23). The van der Waals surface area contributed by atoms with Crippen LogP contribution >= 0.6 is 11.6 Å². The molecule has 0 amide bonds. The van der Waals surface area contributed by atoms with E-state index in [-0.39, 0.29) is 0 Å². The van der Waals surface area contributed by atoms with Gasteiger partial charge in [0.05, 0.1) is 12.2 Å². The summed E-state index contributed by atoms with van der Waals surface area (Å²) >= 11 is 5.79. The molecule has 0 atom stereocenters. The first-order valence-electron chi connectivity index (χ1n) is 8.14. The Morgan fingerprint density at radius 1 is 1.24 bits per heavy atom. The number of aromatic nitrogens is 3. The minimum Gasteiger partial charge on any atom is -0.356 e. The van der Waals surface area contributed by atoms with Crippen LogP contribution in [0.25, 0.3) is 5.65 Å². The van der Waals surface area contributed by atoms with E-state index < -0.39 is 0 Å². The van der Waals surface area contributed by atoms with Crippen LogP contribution in [0.15, 0.2) is 47.7 Å². The summed E-state index contributed by atoms with van der Waals surface area (Å²) in [6.07, 6.45) is 4.68. The van der Waals surface area contributed by atoms with Crippen molar-refractivity contribution in [2.45, 2.75) is 19.9 Å². The normalized spacial score (nSPS) is 11.7. The van der Waals surface area contributed by atoms with Crippen LogP contribution in [0.2, 0.25) is 5.15 Å². The Bertz CT molecular complexity index is 869. The summed E-state index contributed by atoms with van der Waals surface area (Å²) in [5.74, 6) is 0.746. The highest BCUT2D eigenvalue weighted by Crippen LogP contribution is 2.08. The molecule has 25 heavy (non-hydrogen) atoms. The highest BCUT2D eigenvalue weighted by atomic mass is 35.5. The smallest absolute Gasteiger partial charge is 0.191 e. The molecule has 0 aliphatic rings. The van der Waals surface area contributed by atoms with Gasteiger partial charge in [-0.05, 0) is 37.1 Å². The maximum Gasteiger partial charge on any atom is 0.191 e. The van der Waals surface area contributed by atoms with E-state index in [0.29, 0.717) is 11.7 Å². The van der Waals surface area contributed by atoms with E-state index in [1.165, 1.54) is 0 Å².